The van der Waals surface area contributed by atoms with Gasteiger partial charge in [-0.05, 0) is 53.2 Å². The van der Waals surface area contributed by atoms with Crippen molar-refractivity contribution in [1.29, 1.82) is 0 Å². The molecule has 1 unspecified atom stereocenters. The van der Waals surface area contributed by atoms with Crippen LogP contribution in [0.1, 0.15) is 22.9 Å². The number of furan rings is 1. The maximum atomic E-state index is 5.52. The van der Waals surface area contributed by atoms with Crippen LogP contribution >= 0.6 is 31.9 Å². The fraction of sp³-hybridized carbons (Fsp3) is 0.231. The lowest BCUT2D eigenvalue weighted by Crippen LogP contribution is -2.17. The normalized spacial score (nSPS) is 12.7. The van der Waals surface area contributed by atoms with Gasteiger partial charge in [-0.3, -0.25) is 0 Å². The zero-order chi connectivity index (χ0) is 12.4. The van der Waals surface area contributed by atoms with Crippen molar-refractivity contribution in [2.75, 3.05) is 7.05 Å². The predicted molar refractivity (Wildman–Crippen MR) is 76.2 cm³/mol. The average molecular weight is 359 g/mol. The molecule has 0 aliphatic rings. The highest BCUT2D eigenvalue weighted by atomic mass is 79.9. The van der Waals surface area contributed by atoms with E-state index in [1.807, 2.05) is 13.1 Å². The summed E-state index contributed by atoms with van der Waals surface area (Å²) in [6.07, 6.45) is 1.69. The molecule has 4 heteroatoms. The third-order valence-electron chi connectivity index (χ3n) is 2.71. The topological polar surface area (TPSA) is 25.2 Å². The third-order valence-corrected chi connectivity index (χ3v) is 4.26. The van der Waals surface area contributed by atoms with Crippen LogP contribution in [-0.4, -0.2) is 7.05 Å². The molecule has 1 N–H and O–H groups in total. The first kappa shape index (κ1) is 12.9. The van der Waals surface area contributed by atoms with Crippen molar-refractivity contribution >= 4 is 31.9 Å². The van der Waals surface area contributed by atoms with Gasteiger partial charge >= 0.3 is 0 Å². The Hall–Kier alpha value is -0.580. The van der Waals surface area contributed by atoms with Gasteiger partial charge in [0.25, 0.3) is 0 Å². The molecular formula is C13H13Br2NO. The van der Waals surface area contributed by atoms with Crippen molar-refractivity contribution in [2.24, 2.45) is 0 Å². The summed E-state index contributed by atoms with van der Waals surface area (Å²) in [7, 11) is 1.93. The molecule has 1 atom stereocenters. The molecule has 2 aromatic rings. The van der Waals surface area contributed by atoms with Crippen LogP contribution in [0.3, 0.4) is 0 Å². The Labute approximate surface area is 118 Å². The smallest absolute Gasteiger partial charge is 0.139 e. The van der Waals surface area contributed by atoms with Gasteiger partial charge in [0.1, 0.15) is 5.76 Å². The van der Waals surface area contributed by atoms with Crippen molar-refractivity contribution in [3.63, 3.8) is 0 Å². The predicted octanol–water partition coefficient (Wildman–Crippen LogP) is 4.42. The van der Waals surface area contributed by atoms with Crippen molar-refractivity contribution in [2.45, 2.75) is 13.0 Å². The van der Waals surface area contributed by atoms with E-state index in [9.17, 15) is 0 Å². The maximum Gasteiger partial charge on any atom is 0.139 e. The van der Waals surface area contributed by atoms with Gasteiger partial charge in [-0.2, -0.15) is 0 Å². The van der Waals surface area contributed by atoms with E-state index >= 15 is 0 Å². The number of hydrogen-bond donors (Lipinski definition) is 1. The number of aryl methyl sites for hydroxylation is 1. The van der Waals surface area contributed by atoms with E-state index in [2.05, 4.69) is 62.3 Å². The van der Waals surface area contributed by atoms with Gasteiger partial charge in [-0.25, -0.2) is 0 Å². The Balaban J connectivity index is 2.42. The summed E-state index contributed by atoms with van der Waals surface area (Å²) < 4.78 is 7.62. The molecule has 90 valence electrons. The summed E-state index contributed by atoms with van der Waals surface area (Å²) >= 11 is 7.01. The minimum absolute atomic E-state index is 0.0613. The van der Waals surface area contributed by atoms with E-state index in [4.69, 9.17) is 4.42 Å². The molecular weight excluding hydrogens is 346 g/mol. The summed E-state index contributed by atoms with van der Waals surface area (Å²) in [6.45, 7) is 2.08. The second kappa shape index (κ2) is 5.38. The first-order valence-electron chi connectivity index (χ1n) is 5.29. The lowest BCUT2D eigenvalue weighted by atomic mass is 10.0. The van der Waals surface area contributed by atoms with E-state index in [0.29, 0.717) is 0 Å². The van der Waals surface area contributed by atoms with Gasteiger partial charge < -0.3 is 9.73 Å². The average Bonchev–Trinajstić information content (AvgIpc) is 2.71. The maximum absolute atomic E-state index is 5.52. The summed E-state index contributed by atoms with van der Waals surface area (Å²) in [5.41, 5.74) is 2.40. The Bertz CT molecular complexity index is 522. The summed E-state index contributed by atoms with van der Waals surface area (Å²) in [4.78, 5) is 0. The standard InChI is InChI=1S/C13H13Br2NO/c1-8-7-9(3-4-10(8)14)12(16-2)13-11(15)5-6-17-13/h3-7,12,16H,1-2H3. The highest BCUT2D eigenvalue weighted by Crippen LogP contribution is 2.30. The molecule has 17 heavy (non-hydrogen) atoms. The highest BCUT2D eigenvalue weighted by molar-refractivity contribution is 9.10. The summed E-state index contributed by atoms with van der Waals surface area (Å²) in [6, 6.07) is 8.27. The molecule has 1 heterocycles. The molecule has 2 nitrogen and oxygen atoms in total. The number of nitrogens with one attached hydrogen (secondary N) is 1. The molecule has 0 amide bonds. The molecule has 0 aliphatic heterocycles. The zero-order valence-electron chi connectivity index (χ0n) is 9.63. The molecule has 2 rings (SSSR count). The fourth-order valence-corrected chi connectivity index (χ4v) is 2.48. The number of hydrogen-bond acceptors (Lipinski definition) is 2. The van der Waals surface area contributed by atoms with Crippen LogP contribution in [0.2, 0.25) is 0 Å². The number of halogens is 2. The van der Waals surface area contributed by atoms with E-state index in [1.54, 1.807) is 6.26 Å². The van der Waals surface area contributed by atoms with Gasteiger partial charge in [0.2, 0.25) is 0 Å². The van der Waals surface area contributed by atoms with Crippen LogP contribution in [0.4, 0.5) is 0 Å². The minimum atomic E-state index is 0.0613. The molecule has 0 aliphatic carbocycles. The summed E-state index contributed by atoms with van der Waals surface area (Å²) in [5.74, 6) is 0.897. The van der Waals surface area contributed by atoms with E-state index in [-0.39, 0.29) is 6.04 Å². The van der Waals surface area contributed by atoms with E-state index in [0.717, 1.165) is 14.7 Å². The van der Waals surface area contributed by atoms with Crippen LogP contribution in [0, 0.1) is 6.92 Å². The van der Waals surface area contributed by atoms with Crippen molar-refractivity contribution in [3.8, 4) is 0 Å². The highest BCUT2D eigenvalue weighted by Gasteiger charge is 2.18. The molecule has 1 aromatic heterocycles. The largest absolute Gasteiger partial charge is 0.466 e. The van der Waals surface area contributed by atoms with Crippen LogP contribution in [0.25, 0.3) is 0 Å². The Morgan fingerprint density at radius 3 is 2.47 bits per heavy atom. The quantitative estimate of drug-likeness (QED) is 0.878. The second-order valence-electron chi connectivity index (χ2n) is 3.86. The van der Waals surface area contributed by atoms with E-state index in [1.165, 1.54) is 11.1 Å². The van der Waals surface area contributed by atoms with E-state index < -0.39 is 0 Å². The minimum Gasteiger partial charge on any atom is -0.466 e. The van der Waals surface area contributed by atoms with Crippen molar-refractivity contribution in [1.82, 2.24) is 5.32 Å². The van der Waals surface area contributed by atoms with Gasteiger partial charge in [0.05, 0.1) is 16.8 Å². The second-order valence-corrected chi connectivity index (χ2v) is 5.57. The lowest BCUT2D eigenvalue weighted by Gasteiger charge is -2.16. The fourth-order valence-electron chi connectivity index (χ4n) is 1.81. The molecule has 0 fully saturated rings. The SMILES string of the molecule is CNC(c1ccc(Br)c(C)c1)c1occc1Br. The van der Waals surface area contributed by atoms with Gasteiger partial charge in [0, 0.05) is 4.47 Å². The Morgan fingerprint density at radius 1 is 1.18 bits per heavy atom. The molecule has 1 aromatic carbocycles. The first-order chi connectivity index (χ1) is 8.13. The van der Waals surface area contributed by atoms with Crippen LogP contribution in [0.5, 0.6) is 0 Å². The molecule has 0 saturated carbocycles. The van der Waals surface area contributed by atoms with Crippen molar-refractivity contribution in [3.05, 3.63) is 56.4 Å². The Morgan fingerprint density at radius 2 is 1.94 bits per heavy atom. The van der Waals surface area contributed by atoms with Crippen molar-refractivity contribution < 1.29 is 4.42 Å². The Kier molecular flexibility index (Phi) is 4.07. The monoisotopic (exact) mass is 357 g/mol. The number of benzene rings is 1. The zero-order valence-corrected chi connectivity index (χ0v) is 12.8. The first-order valence-corrected chi connectivity index (χ1v) is 6.88. The molecule has 0 radical (unpaired) electrons. The van der Waals surface area contributed by atoms with Crippen LogP contribution in [-0.2, 0) is 0 Å². The lowest BCUT2D eigenvalue weighted by molar-refractivity contribution is 0.461. The molecule has 0 saturated heterocycles. The van der Waals surface area contributed by atoms with Gasteiger partial charge in [0.15, 0.2) is 0 Å². The van der Waals surface area contributed by atoms with Crippen LogP contribution in [0.15, 0.2) is 43.9 Å². The van der Waals surface area contributed by atoms with Gasteiger partial charge in [-0.15, -0.1) is 0 Å². The summed E-state index contributed by atoms with van der Waals surface area (Å²) in [5, 5.41) is 3.27. The number of rotatable bonds is 3. The molecule has 0 bridgehead atoms. The molecule has 0 spiro atoms. The third kappa shape index (κ3) is 2.64. The van der Waals surface area contributed by atoms with Gasteiger partial charge in [-0.1, -0.05) is 28.1 Å². The van der Waals surface area contributed by atoms with Crippen LogP contribution < -0.4 is 5.32 Å².